The Morgan fingerprint density at radius 1 is 1.11 bits per heavy atom. The van der Waals surface area contributed by atoms with Crippen molar-refractivity contribution < 1.29 is 14.6 Å². The molecule has 1 aliphatic heterocycles. The monoisotopic (exact) mass is 270 g/mol. The molecule has 19 heavy (non-hydrogen) atoms. The average molecular weight is 270 g/mol. The van der Waals surface area contributed by atoms with Crippen LogP contribution in [0.3, 0.4) is 0 Å². The molecule has 0 spiro atoms. The molecule has 1 heterocycles. The van der Waals surface area contributed by atoms with Crippen molar-refractivity contribution in [3.05, 3.63) is 0 Å². The van der Waals surface area contributed by atoms with Crippen LogP contribution in [-0.4, -0.2) is 29.2 Å². The van der Waals surface area contributed by atoms with Crippen molar-refractivity contribution in [1.29, 1.82) is 0 Å². The molecular weight excluding hydrogens is 240 g/mol. The van der Waals surface area contributed by atoms with Crippen LogP contribution < -0.4 is 0 Å². The van der Waals surface area contributed by atoms with Crippen LogP contribution in [0.1, 0.15) is 72.1 Å². The predicted octanol–water partition coefficient (Wildman–Crippen LogP) is 3.64. The fourth-order valence-electron chi connectivity index (χ4n) is 3.49. The maximum atomic E-state index is 9.88. The molecule has 0 bridgehead atoms. The molecule has 2 rings (SSSR count). The first kappa shape index (κ1) is 15.3. The Labute approximate surface area is 117 Å². The second kappa shape index (κ2) is 6.55. The van der Waals surface area contributed by atoms with E-state index in [1.807, 2.05) is 20.8 Å². The van der Waals surface area contributed by atoms with Gasteiger partial charge in [0, 0.05) is 6.42 Å². The van der Waals surface area contributed by atoms with Gasteiger partial charge in [-0.25, -0.2) is 0 Å². The van der Waals surface area contributed by atoms with Gasteiger partial charge in [0.2, 0.25) is 0 Å². The van der Waals surface area contributed by atoms with Crippen LogP contribution in [0.15, 0.2) is 0 Å². The molecule has 1 aliphatic carbocycles. The van der Waals surface area contributed by atoms with Gasteiger partial charge < -0.3 is 14.6 Å². The molecule has 0 unspecified atom stereocenters. The zero-order chi connectivity index (χ0) is 13.9. The van der Waals surface area contributed by atoms with Gasteiger partial charge in [0.1, 0.15) is 0 Å². The topological polar surface area (TPSA) is 38.7 Å². The maximum absolute atomic E-state index is 9.88. The molecule has 0 radical (unpaired) electrons. The zero-order valence-electron chi connectivity index (χ0n) is 12.7. The summed E-state index contributed by atoms with van der Waals surface area (Å²) in [6.45, 7) is 5.99. The Morgan fingerprint density at radius 3 is 2.37 bits per heavy atom. The Balaban J connectivity index is 1.90. The van der Waals surface area contributed by atoms with E-state index in [1.54, 1.807) is 0 Å². The molecule has 3 heteroatoms. The van der Waals surface area contributed by atoms with Gasteiger partial charge in [-0.15, -0.1) is 0 Å². The molecule has 0 aromatic heterocycles. The highest BCUT2D eigenvalue weighted by Gasteiger charge is 2.42. The predicted molar refractivity (Wildman–Crippen MR) is 75.9 cm³/mol. The standard InChI is InChI=1S/C16H30O3/c1-4-13(17)11-15-14(18-16(2,3)19-15)10-12-8-6-5-7-9-12/h12-15,17H,4-11H2,1-3H3/t13-,14+,15+/m0/s1. The summed E-state index contributed by atoms with van der Waals surface area (Å²) in [5, 5.41) is 9.88. The van der Waals surface area contributed by atoms with Crippen molar-refractivity contribution in [1.82, 2.24) is 0 Å². The summed E-state index contributed by atoms with van der Waals surface area (Å²) in [5.41, 5.74) is 0. The molecule has 2 fully saturated rings. The highest BCUT2D eigenvalue weighted by molar-refractivity contribution is 4.85. The van der Waals surface area contributed by atoms with E-state index in [-0.39, 0.29) is 18.3 Å². The first-order valence-corrected chi connectivity index (χ1v) is 8.04. The van der Waals surface area contributed by atoms with Crippen LogP contribution in [-0.2, 0) is 9.47 Å². The number of rotatable bonds is 5. The fraction of sp³-hybridized carbons (Fsp3) is 1.00. The summed E-state index contributed by atoms with van der Waals surface area (Å²) in [4.78, 5) is 0. The van der Waals surface area contributed by atoms with Gasteiger partial charge in [-0.05, 0) is 32.6 Å². The lowest BCUT2D eigenvalue weighted by Gasteiger charge is -2.26. The summed E-state index contributed by atoms with van der Waals surface area (Å²) in [6.07, 6.45) is 9.35. The fourth-order valence-corrected chi connectivity index (χ4v) is 3.49. The van der Waals surface area contributed by atoms with Gasteiger partial charge in [-0.3, -0.25) is 0 Å². The minimum absolute atomic E-state index is 0.0619. The van der Waals surface area contributed by atoms with Gasteiger partial charge >= 0.3 is 0 Å². The van der Waals surface area contributed by atoms with Crippen molar-refractivity contribution >= 4 is 0 Å². The van der Waals surface area contributed by atoms with Gasteiger partial charge in [-0.2, -0.15) is 0 Å². The maximum Gasteiger partial charge on any atom is 0.163 e. The van der Waals surface area contributed by atoms with Gasteiger partial charge in [0.15, 0.2) is 5.79 Å². The molecular formula is C16H30O3. The SMILES string of the molecule is CC[C@H](O)C[C@H]1OC(C)(C)O[C@@H]1CC1CCCCC1. The summed E-state index contributed by atoms with van der Waals surface area (Å²) >= 11 is 0. The number of hydrogen-bond donors (Lipinski definition) is 1. The quantitative estimate of drug-likeness (QED) is 0.829. The molecule has 3 nitrogen and oxygen atoms in total. The first-order chi connectivity index (χ1) is 9.00. The van der Waals surface area contributed by atoms with E-state index >= 15 is 0 Å². The smallest absolute Gasteiger partial charge is 0.163 e. The summed E-state index contributed by atoms with van der Waals surface area (Å²) in [5.74, 6) is 0.301. The van der Waals surface area contributed by atoms with E-state index in [4.69, 9.17) is 9.47 Å². The van der Waals surface area contributed by atoms with Crippen LogP contribution >= 0.6 is 0 Å². The van der Waals surface area contributed by atoms with E-state index in [2.05, 4.69) is 0 Å². The Bertz CT molecular complexity index is 271. The van der Waals surface area contributed by atoms with E-state index in [0.717, 1.165) is 18.8 Å². The molecule has 0 aromatic rings. The Hall–Kier alpha value is -0.120. The van der Waals surface area contributed by atoms with Gasteiger partial charge in [-0.1, -0.05) is 39.0 Å². The Morgan fingerprint density at radius 2 is 1.74 bits per heavy atom. The van der Waals surface area contributed by atoms with E-state index in [1.165, 1.54) is 32.1 Å². The normalized spacial score (nSPS) is 33.5. The summed E-state index contributed by atoms with van der Waals surface area (Å²) in [7, 11) is 0. The molecule has 1 saturated carbocycles. The lowest BCUT2D eigenvalue weighted by molar-refractivity contribution is -0.149. The second-order valence-corrected chi connectivity index (χ2v) is 6.75. The van der Waals surface area contributed by atoms with Gasteiger partial charge in [0.25, 0.3) is 0 Å². The Kier molecular flexibility index (Phi) is 5.27. The van der Waals surface area contributed by atoms with Crippen molar-refractivity contribution in [3.63, 3.8) is 0 Å². The van der Waals surface area contributed by atoms with Crippen molar-refractivity contribution in [2.24, 2.45) is 5.92 Å². The molecule has 1 N–H and O–H groups in total. The molecule has 0 aromatic carbocycles. The van der Waals surface area contributed by atoms with E-state index < -0.39 is 5.79 Å². The van der Waals surface area contributed by atoms with E-state index in [9.17, 15) is 5.11 Å². The van der Waals surface area contributed by atoms with Crippen molar-refractivity contribution in [3.8, 4) is 0 Å². The average Bonchev–Trinajstić information content (AvgIpc) is 2.64. The third-order valence-corrected chi connectivity index (χ3v) is 4.55. The molecule has 3 atom stereocenters. The molecule has 0 amide bonds. The zero-order valence-corrected chi connectivity index (χ0v) is 12.7. The third kappa shape index (κ3) is 4.44. The third-order valence-electron chi connectivity index (χ3n) is 4.55. The second-order valence-electron chi connectivity index (χ2n) is 6.75. The lowest BCUT2D eigenvalue weighted by Crippen LogP contribution is -2.29. The number of aliphatic hydroxyl groups is 1. The molecule has 2 aliphatic rings. The van der Waals surface area contributed by atoms with Crippen LogP contribution in [0.2, 0.25) is 0 Å². The summed E-state index contributed by atoms with van der Waals surface area (Å²) in [6, 6.07) is 0. The number of aliphatic hydroxyl groups excluding tert-OH is 1. The lowest BCUT2D eigenvalue weighted by atomic mass is 9.84. The minimum atomic E-state index is -0.489. The van der Waals surface area contributed by atoms with E-state index in [0.29, 0.717) is 6.42 Å². The van der Waals surface area contributed by atoms with Crippen molar-refractivity contribution in [2.75, 3.05) is 0 Å². The number of ether oxygens (including phenoxy) is 2. The minimum Gasteiger partial charge on any atom is -0.393 e. The van der Waals surface area contributed by atoms with Crippen LogP contribution in [0.4, 0.5) is 0 Å². The molecule has 112 valence electrons. The first-order valence-electron chi connectivity index (χ1n) is 8.04. The number of hydrogen-bond acceptors (Lipinski definition) is 3. The van der Waals surface area contributed by atoms with Crippen LogP contribution in [0.25, 0.3) is 0 Å². The van der Waals surface area contributed by atoms with Crippen molar-refractivity contribution in [2.45, 2.75) is 96.2 Å². The highest BCUT2D eigenvalue weighted by Crippen LogP contribution is 2.37. The van der Waals surface area contributed by atoms with Gasteiger partial charge in [0.05, 0.1) is 18.3 Å². The van der Waals surface area contributed by atoms with Crippen LogP contribution in [0, 0.1) is 5.92 Å². The highest BCUT2D eigenvalue weighted by atomic mass is 16.7. The molecule has 1 saturated heterocycles. The van der Waals surface area contributed by atoms with Crippen LogP contribution in [0.5, 0.6) is 0 Å². The largest absolute Gasteiger partial charge is 0.393 e. The summed E-state index contributed by atoms with van der Waals surface area (Å²) < 4.78 is 12.1.